The van der Waals surface area contributed by atoms with Gasteiger partial charge in [0.15, 0.2) is 0 Å². The predicted molar refractivity (Wildman–Crippen MR) is 84.3 cm³/mol. The van der Waals surface area contributed by atoms with Crippen LogP contribution in [-0.4, -0.2) is 14.3 Å². The Hall–Kier alpha value is -1.70. The molecule has 0 saturated carbocycles. The average molecular weight is 324 g/mol. The van der Waals surface area contributed by atoms with Crippen LogP contribution in [0.4, 0.5) is 5.69 Å². The highest BCUT2D eigenvalue weighted by molar-refractivity contribution is 7.91. The van der Waals surface area contributed by atoms with Crippen LogP contribution in [0, 0.1) is 20.8 Å². The van der Waals surface area contributed by atoms with Gasteiger partial charge in [-0.1, -0.05) is 6.07 Å². The maximum Gasteiger partial charge on any atom is 0.266 e. The molecule has 0 aliphatic carbocycles. The van der Waals surface area contributed by atoms with Gasteiger partial charge < -0.3 is 5.32 Å². The number of hydrogen-bond acceptors (Lipinski definition) is 4. The van der Waals surface area contributed by atoms with Crippen molar-refractivity contribution in [2.24, 2.45) is 5.14 Å². The minimum Gasteiger partial charge on any atom is -0.321 e. The molecule has 0 fully saturated rings. The Morgan fingerprint density at radius 3 is 2.29 bits per heavy atom. The molecule has 1 heterocycles. The first-order valence-corrected chi connectivity index (χ1v) is 8.56. The van der Waals surface area contributed by atoms with Gasteiger partial charge in [-0.25, -0.2) is 13.6 Å². The molecule has 0 saturated heterocycles. The third kappa shape index (κ3) is 3.49. The lowest BCUT2D eigenvalue weighted by Gasteiger charge is -2.07. The summed E-state index contributed by atoms with van der Waals surface area (Å²) in [5, 5.41) is 7.85. The summed E-state index contributed by atoms with van der Waals surface area (Å²) in [7, 11) is -3.78. The molecule has 0 aliphatic rings. The molecule has 5 nitrogen and oxygen atoms in total. The van der Waals surface area contributed by atoms with E-state index in [-0.39, 0.29) is 10.1 Å². The first kappa shape index (κ1) is 15.7. The Balaban J connectivity index is 2.28. The van der Waals surface area contributed by atoms with E-state index < -0.39 is 10.0 Å². The largest absolute Gasteiger partial charge is 0.321 e. The molecular formula is C14H16N2O3S2. The van der Waals surface area contributed by atoms with Crippen LogP contribution in [0.2, 0.25) is 0 Å². The number of primary sulfonamides is 1. The number of aryl methyl sites for hydroxylation is 3. The highest BCUT2D eigenvalue weighted by Gasteiger charge is 2.19. The van der Waals surface area contributed by atoms with Crippen LogP contribution >= 0.6 is 11.3 Å². The Bertz CT molecular complexity index is 808. The highest BCUT2D eigenvalue weighted by Crippen LogP contribution is 2.26. The molecular weight excluding hydrogens is 308 g/mol. The van der Waals surface area contributed by atoms with Gasteiger partial charge in [-0.15, -0.1) is 11.3 Å². The molecule has 0 spiro atoms. The smallest absolute Gasteiger partial charge is 0.266 e. The van der Waals surface area contributed by atoms with Gasteiger partial charge in [-0.3, -0.25) is 4.79 Å². The second-order valence-corrected chi connectivity index (χ2v) is 7.72. The zero-order chi connectivity index (χ0) is 15.8. The molecule has 112 valence electrons. The van der Waals surface area contributed by atoms with Crippen molar-refractivity contribution in [1.29, 1.82) is 0 Å². The van der Waals surface area contributed by atoms with Gasteiger partial charge in [0.1, 0.15) is 4.21 Å². The summed E-state index contributed by atoms with van der Waals surface area (Å²) >= 11 is 0.876. The van der Waals surface area contributed by atoms with E-state index in [1.165, 1.54) is 6.07 Å². The van der Waals surface area contributed by atoms with Gasteiger partial charge in [0.05, 0.1) is 4.88 Å². The zero-order valence-electron chi connectivity index (χ0n) is 11.9. The molecule has 7 heteroatoms. The Kier molecular flexibility index (Phi) is 4.18. The molecule has 1 aromatic carbocycles. The summed E-state index contributed by atoms with van der Waals surface area (Å²) in [6.45, 7) is 5.63. The standard InChI is InChI=1S/C14H16N2O3S2/c1-8-4-5-11(6-9(8)2)16-14(17)13-10(3)7-12(20-13)21(15,18)19/h4-7H,1-3H3,(H,16,17)(H2,15,18,19). The number of nitrogens with one attached hydrogen (secondary N) is 1. The van der Waals surface area contributed by atoms with Crippen LogP contribution in [0.1, 0.15) is 26.4 Å². The van der Waals surface area contributed by atoms with Crippen LogP contribution in [0.15, 0.2) is 28.5 Å². The third-order valence-corrected chi connectivity index (χ3v) is 5.80. The number of nitrogens with two attached hydrogens (primary N) is 1. The second-order valence-electron chi connectivity index (χ2n) is 4.88. The molecule has 1 aromatic heterocycles. The van der Waals surface area contributed by atoms with Gasteiger partial charge >= 0.3 is 0 Å². The van der Waals surface area contributed by atoms with Gasteiger partial charge in [0.25, 0.3) is 5.91 Å². The number of carbonyl (C=O) groups excluding carboxylic acids is 1. The summed E-state index contributed by atoms with van der Waals surface area (Å²) in [5.74, 6) is -0.337. The van der Waals surface area contributed by atoms with Crippen LogP contribution < -0.4 is 10.5 Å². The van der Waals surface area contributed by atoms with E-state index in [2.05, 4.69) is 5.32 Å². The fraction of sp³-hybridized carbons (Fsp3) is 0.214. The third-order valence-electron chi connectivity index (χ3n) is 3.15. The van der Waals surface area contributed by atoms with E-state index in [4.69, 9.17) is 5.14 Å². The normalized spacial score (nSPS) is 11.4. The van der Waals surface area contributed by atoms with Gasteiger partial charge in [0, 0.05) is 5.69 Å². The van der Waals surface area contributed by atoms with Crippen LogP contribution in [0.3, 0.4) is 0 Å². The Morgan fingerprint density at radius 1 is 1.10 bits per heavy atom. The summed E-state index contributed by atoms with van der Waals surface area (Å²) in [6.07, 6.45) is 0. The van der Waals surface area contributed by atoms with E-state index >= 15 is 0 Å². The van der Waals surface area contributed by atoms with E-state index in [0.717, 1.165) is 22.5 Å². The van der Waals surface area contributed by atoms with Crippen molar-refractivity contribution in [2.75, 3.05) is 5.32 Å². The quantitative estimate of drug-likeness (QED) is 0.909. The number of hydrogen-bond donors (Lipinski definition) is 2. The van der Waals surface area contributed by atoms with E-state index in [0.29, 0.717) is 16.1 Å². The first-order valence-electron chi connectivity index (χ1n) is 6.20. The molecule has 1 amide bonds. The molecule has 0 atom stereocenters. The number of rotatable bonds is 3. The van der Waals surface area contributed by atoms with Crippen molar-refractivity contribution in [2.45, 2.75) is 25.0 Å². The molecule has 0 radical (unpaired) electrons. The summed E-state index contributed by atoms with van der Waals surface area (Å²) < 4.78 is 22.6. The summed E-state index contributed by atoms with van der Waals surface area (Å²) in [6, 6.07) is 7.01. The number of amides is 1. The van der Waals surface area contributed by atoms with Crippen molar-refractivity contribution in [1.82, 2.24) is 0 Å². The lowest BCUT2D eigenvalue weighted by atomic mass is 10.1. The predicted octanol–water partition coefficient (Wildman–Crippen LogP) is 2.57. The monoisotopic (exact) mass is 324 g/mol. The minimum atomic E-state index is -3.78. The molecule has 0 unspecified atom stereocenters. The average Bonchev–Trinajstić information content (AvgIpc) is 2.76. The van der Waals surface area contributed by atoms with E-state index in [1.54, 1.807) is 6.92 Å². The number of thiophene rings is 1. The number of benzene rings is 1. The van der Waals surface area contributed by atoms with Crippen LogP contribution in [0.5, 0.6) is 0 Å². The maximum absolute atomic E-state index is 12.2. The van der Waals surface area contributed by atoms with Gasteiger partial charge in [-0.05, 0) is 55.7 Å². The number of sulfonamides is 1. The molecule has 0 aliphatic heterocycles. The minimum absolute atomic E-state index is 0.00904. The van der Waals surface area contributed by atoms with Gasteiger partial charge in [0.2, 0.25) is 10.0 Å². The van der Waals surface area contributed by atoms with Gasteiger partial charge in [-0.2, -0.15) is 0 Å². The summed E-state index contributed by atoms with van der Waals surface area (Å²) in [4.78, 5) is 12.6. The van der Waals surface area contributed by atoms with Crippen molar-refractivity contribution < 1.29 is 13.2 Å². The van der Waals surface area contributed by atoms with E-state index in [9.17, 15) is 13.2 Å². The van der Waals surface area contributed by atoms with Crippen molar-refractivity contribution in [3.05, 3.63) is 45.8 Å². The van der Waals surface area contributed by atoms with Crippen molar-refractivity contribution >= 4 is 33.0 Å². The topological polar surface area (TPSA) is 89.3 Å². The fourth-order valence-corrected chi connectivity index (χ4v) is 3.68. The lowest BCUT2D eigenvalue weighted by Crippen LogP contribution is -2.11. The molecule has 0 bridgehead atoms. The van der Waals surface area contributed by atoms with Crippen molar-refractivity contribution in [3.63, 3.8) is 0 Å². The fourth-order valence-electron chi connectivity index (χ4n) is 1.83. The highest BCUT2D eigenvalue weighted by atomic mass is 32.2. The molecule has 2 aromatic rings. The Morgan fingerprint density at radius 2 is 1.76 bits per heavy atom. The lowest BCUT2D eigenvalue weighted by molar-refractivity contribution is 0.103. The maximum atomic E-state index is 12.2. The number of carbonyl (C=O) groups is 1. The SMILES string of the molecule is Cc1ccc(NC(=O)c2sc(S(N)(=O)=O)cc2C)cc1C. The Labute approximate surface area is 127 Å². The molecule has 2 rings (SSSR count). The van der Waals surface area contributed by atoms with Crippen LogP contribution in [-0.2, 0) is 10.0 Å². The van der Waals surface area contributed by atoms with Crippen molar-refractivity contribution in [3.8, 4) is 0 Å². The second kappa shape index (κ2) is 5.59. The van der Waals surface area contributed by atoms with E-state index in [1.807, 2.05) is 32.0 Å². The zero-order valence-corrected chi connectivity index (χ0v) is 13.6. The molecule has 21 heavy (non-hydrogen) atoms. The number of anilines is 1. The summed E-state index contributed by atoms with van der Waals surface area (Å²) in [5.41, 5.74) is 3.47. The van der Waals surface area contributed by atoms with Crippen LogP contribution in [0.25, 0.3) is 0 Å². The first-order chi connectivity index (χ1) is 9.68. The molecule has 3 N–H and O–H groups in total.